The van der Waals surface area contributed by atoms with Crippen LogP contribution in [0.25, 0.3) is 10.6 Å². The number of ether oxygens (including phenoxy) is 1. The van der Waals surface area contributed by atoms with Crippen LogP contribution in [-0.2, 0) is 13.0 Å². The van der Waals surface area contributed by atoms with Gasteiger partial charge in [-0.3, -0.25) is 9.48 Å². The first-order valence-electron chi connectivity index (χ1n) is 10.2. The highest BCUT2D eigenvalue weighted by Crippen LogP contribution is 2.31. The molecule has 0 saturated carbocycles. The molecule has 0 unspecified atom stereocenters. The summed E-state index contributed by atoms with van der Waals surface area (Å²) in [5.41, 5.74) is 3.96. The van der Waals surface area contributed by atoms with Gasteiger partial charge in [-0.1, -0.05) is 29.4 Å². The Balaban J connectivity index is 1.33. The highest BCUT2D eigenvalue weighted by molar-refractivity contribution is 7.13. The molecule has 3 heterocycles. The van der Waals surface area contributed by atoms with Crippen molar-refractivity contribution < 1.29 is 14.1 Å². The molecule has 1 atom stereocenters. The van der Waals surface area contributed by atoms with Crippen molar-refractivity contribution in [1.29, 1.82) is 0 Å². The van der Waals surface area contributed by atoms with Crippen LogP contribution >= 0.6 is 11.3 Å². The number of carbonyl (C=O) groups excluding carboxylic acids is 1. The average Bonchev–Trinajstić information content (AvgIpc) is 3.55. The predicted molar refractivity (Wildman–Crippen MR) is 117 cm³/mol. The number of aromatic nitrogens is 3. The van der Waals surface area contributed by atoms with Crippen molar-refractivity contribution in [3.8, 4) is 16.3 Å². The van der Waals surface area contributed by atoms with Crippen molar-refractivity contribution in [2.45, 2.75) is 31.8 Å². The van der Waals surface area contributed by atoms with E-state index in [1.807, 2.05) is 52.7 Å². The lowest BCUT2D eigenvalue weighted by molar-refractivity contribution is 0.0895. The summed E-state index contributed by atoms with van der Waals surface area (Å²) in [5.74, 6) is 0.807. The molecule has 0 radical (unpaired) electrons. The molecule has 7 nitrogen and oxygen atoms in total. The van der Waals surface area contributed by atoms with Gasteiger partial charge in [0.2, 0.25) is 5.76 Å². The molecule has 8 heteroatoms. The van der Waals surface area contributed by atoms with Crippen LogP contribution in [0.15, 0.2) is 58.6 Å². The van der Waals surface area contributed by atoms with Crippen molar-refractivity contribution in [2.24, 2.45) is 0 Å². The van der Waals surface area contributed by atoms with Gasteiger partial charge in [0.25, 0.3) is 5.91 Å². The topological polar surface area (TPSA) is 82.2 Å². The molecule has 1 aliphatic rings. The van der Waals surface area contributed by atoms with Crippen LogP contribution in [0.1, 0.15) is 46.3 Å². The summed E-state index contributed by atoms with van der Waals surface area (Å²) in [7, 11) is 1.68. The van der Waals surface area contributed by atoms with E-state index in [1.165, 1.54) is 0 Å². The number of methoxy groups -OCH3 is 1. The van der Waals surface area contributed by atoms with Gasteiger partial charge in [0.1, 0.15) is 11.4 Å². The van der Waals surface area contributed by atoms with Crippen LogP contribution in [0, 0.1) is 0 Å². The third kappa shape index (κ3) is 3.86. The first-order chi connectivity index (χ1) is 15.2. The largest absolute Gasteiger partial charge is 0.496 e. The van der Waals surface area contributed by atoms with Gasteiger partial charge >= 0.3 is 0 Å². The zero-order chi connectivity index (χ0) is 21.2. The number of nitrogens with one attached hydrogen (secondary N) is 1. The van der Waals surface area contributed by atoms with E-state index >= 15 is 0 Å². The van der Waals surface area contributed by atoms with Gasteiger partial charge < -0.3 is 14.6 Å². The monoisotopic (exact) mass is 434 g/mol. The Bertz CT molecular complexity index is 1200. The SMILES string of the molecule is COc1ccccc1Cn1ncc2c1CCC[C@@H]2NC(=O)c1cc(-c2cccs2)no1. The van der Waals surface area contributed by atoms with Crippen LogP contribution in [0.3, 0.4) is 0 Å². The maximum absolute atomic E-state index is 12.8. The Morgan fingerprint density at radius 3 is 3.06 bits per heavy atom. The maximum atomic E-state index is 12.8. The highest BCUT2D eigenvalue weighted by Gasteiger charge is 2.27. The number of carbonyl (C=O) groups is 1. The lowest BCUT2D eigenvalue weighted by Crippen LogP contribution is -2.30. The average molecular weight is 435 g/mol. The summed E-state index contributed by atoms with van der Waals surface area (Å²) in [5, 5.41) is 13.7. The second-order valence-electron chi connectivity index (χ2n) is 7.49. The van der Waals surface area contributed by atoms with E-state index in [0.29, 0.717) is 12.2 Å². The Morgan fingerprint density at radius 2 is 2.23 bits per heavy atom. The van der Waals surface area contributed by atoms with Gasteiger partial charge in [-0.05, 0) is 36.8 Å². The minimum atomic E-state index is -0.259. The normalized spacial score (nSPS) is 15.5. The fourth-order valence-electron chi connectivity index (χ4n) is 4.05. The number of benzene rings is 1. The molecule has 1 N–H and O–H groups in total. The first kappa shape index (κ1) is 19.6. The van der Waals surface area contributed by atoms with E-state index < -0.39 is 0 Å². The summed E-state index contributed by atoms with van der Waals surface area (Å²) in [6.07, 6.45) is 4.64. The Morgan fingerprint density at radius 1 is 1.32 bits per heavy atom. The lowest BCUT2D eigenvalue weighted by atomic mass is 9.92. The Labute approximate surface area is 183 Å². The molecule has 1 amide bonds. The molecule has 0 fully saturated rings. The van der Waals surface area contributed by atoms with Gasteiger partial charge in [0.15, 0.2) is 0 Å². The molecular formula is C23H22N4O3S. The van der Waals surface area contributed by atoms with Crippen molar-refractivity contribution >= 4 is 17.2 Å². The number of rotatable bonds is 6. The summed E-state index contributed by atoms with van der Waals surface area (Å²) in [6, 6.07) is 13.4. The molecule has 31 heavy (non-hydrogen) atoms. The van der Waals surface area contributed by atoms with Gasteiger partial charge in [0, 0.05) is 22.9 Å². The van der Waals surface area contributed by atoms with Crippen molar-refractivity contribution in [1.82, 2.24) is 20.3 Å². The quantitative estimate of drug-likeness (QED) is 0.484. The number of amides is 1. The van der Waals surface area contributed by atoms with E-state index in [2.05, 4.69) is 15.6 Å². The number of fused-ring (bicyclic) bond motifs is 1. The van der Waals surface area contributed by atoms with Crippen molar-refractivity contribution in [3.05, 3.63) is 76.6 Å². The maximum Gasteiger partial charge on any atom is 0.290 e. The van der Waals surface area contributed by atoms with E-state index in [9.17, 15) is 4.79 Å². The van der Waals surface area contributed by atoms with E-state index in [-0.39, 0.29) is 17.7 Å². The molecule has 158 valence electrons. The van der Waals surface area contributed by atoms with Crippen LogP contribution in [-0.4, -0.2) is 28.0 Å². The number of para-hydroxylation sites is 1. The van der Waals surface area contributed by atoms with E-state index in [0.717, 1.165) is 46.7 Å². The van der Waals surface area contributed by atoms with Gasteiger partial charge in [-0.2, -0.15) is 5.10 Å². The summed E-state index contributed by atoms with van der Waals surface area (Å²) < 4.78 is 12.8. The Kier molecular flexibility index (Phi) is 5.30. The van der Waals surface area contributed by atoms with Crippen LogP contribution in [0.5, 0.6) is 5.75 Å². The molecule has 3 aromatic heterocycles. The number of thiophene rings is 1. The fourth-order valence-corrected chi connectivity index (χ4v) is 4.73. The minimum absolute atomic E-state index is 0.0991. The Hall–Kier alpha value is -3.39. The number of nitrogens with zero attached hydrogens (tertiary/aromatic N) is 3. The predicted octanol–water partition coefficient (Wildman–Crippen LogP) is 4.46. The zero-order valence-corrected chi connectivity index (χ0v) is 17.9. The molecule has 4 aromatic rings. The molecule has 5 rings (SSSR count). The second kappa shape index (κ2) is 8.39. The van der Waals surface area contributed by atoms with Crippen LogP contribution < -0.4 is 10.1 Å². The lowest BCUT2D eigenvalue weighted by Gasteiger charge is -2.24. The third-order valence-electron chi connectivity index (χ3n) is 5.59. The summed E-state index contributed by atoms with van der Waals surface area (Å²) in [6.45, 7) is 0.631. The minimum Gasteiger partial charge on any atom is -0.496 e. The first-order valence-corrected chi connectivity index (χ1v) is 11.1. The van der Waals surface area contributed by atoms with Crippen molar-refractivity contribution in [3.63, 3.8) is 0 Å². The molecule has 0 aliphatic heterocycles. The molecule has 0 bridgehead atoms. The molecule has 0 saturated heterocycles. The smallest absolute Gasteiger partial charge is 0.290 e. The summed E-state index contributed by atoms with van der Waals surface area (Å²) in [4.78, 5) is 13.8. The number of hydrogen-bond donors (Lipinski definition) is 1. The highest BCUT2D eigenvalue weighted by atomic mass is 32.1. The van der Waals surface area contributed by atoms with Crippen LogP contribution in [0.4, 0.5) is 0 Å². The third-order valence-corrected chi connectivity index (χ3v) is 6.48. The van der Waals surface area contributed by atoms with Gasteiger partial charge in [0.05, 0.1) is 30.8 Å². The molecular weight excluding hydrogens is 412 g/mol. The van der Waals surface area contributed by atoms with E-state index in [4.69, 9.17) is 9.26 Å². The standard InChI is InChI=1S/C23H22N4O3S/c1-29-20-9-3-2-6-15(20)14-27-19-8-4-7-17(16(19)13-24-27)25-23(28)21-12-18(26-30-21)22-10-5-11-31-22/h2-3,5-6,9-13,17H,4,7-8,14H2,1H3,(H,25,28)/t17-/m0/s1. The molecule has 1 aromatic carbocycles. The fraction of sp³-hybridized carbons (Fsp3) is 0.261. The molecule has 0 spiro atoms. The van der Waals surface area contributed by atoms with Gasteiger partial charge in [-0.15, -0.1) is 11.3 Å². The second-order valence-corrected chi connectivity index (χ2v) is 8.44. The van der Waals surface area contributed by atoms with Crippen LogP contribution in [0.2, 0.25) is 0 Å². The van der Waals surface area contributed by atoms with Gasteiger partial charge in [-0.25, -0.2) is 0 Å². The molecule has 1 aliphatic carbocycles. The summed E-state index contributed by atoms with van der Waals surface area (Å²) >= 11 is 1.56. The van der Waals surface area contributed by atoms with E-state index in [1.54, 1.807) is 24.5 Å². The van der Waals surface area contributed by atoms with Crippen molar-refractivity contribution in [2.75, 3.05) is 7.11 Å². The number of hydrogen-bond acceptors (Lipinski definition) is 6. The zero-order valence-electron chi connectivity index (χ0n) is 17.1.